The number of halogens is 1. The van der Waals surface area contributed by atoms with Gasteiger partial charge in [-0.1, -0.05) is 29.7 Å². The Morgan fingerprint density at radius 1 is 1.26 bits per heavy atom. The minimum absolute atomic E-state index is 0.0200. The molecule has 3 rings (SSSR count). The largest absolute Gasteiger partial charge is 0.481 e. The summed E-state index contributed by atoms with van der Waals surface area (Å²) in [6.45, 7) is 2.72. The van der Waals surface area contributed by atoms with Gasteiger partial charge >= 0.3 is 0 Å². The Morgan fingerprint density at radius 2 is 1.95 bits per heavy atom. The highest BCUT2D eigenvalue weighted by Crippen LogP contribution is 2.28. The molecule has 0 aromatic carbocycles. The molecule has 16 heteroatoms. The smallest absolute Gasteiger partial charge is 0.292 e. The summed E-state index contributed by atoms with van der Waals surface area (Å²) in [5.74, 6) is -1.58. The van der Waals surface area contributed by atoms with E-state index in [1.807, 2.05) is 6.92 Å². The second kappa shape index (κ2) is 12.1. The van der Waals surface area contributed by atoms with Gasteiger partial charge in [0.1, 0.15) is 23.6 Å². The summed E-state index contributed by atoms with van der Waals surface area (Å²) >= 11 is 5.86. The quantitative estimate of drug-likeness (QED) is 0.207. The van der Waals surface area contributed by atoms with Crippen molar-refractivity contribution in [1.82, 2.24) is 29.5 Å². The molecule has 0 spiro atoms. The Labute approximate surface area is 224 Å². The Hall–Kier alpha value is -3.82. The van der Waals surface area contributed by atoms with Crippen molar-refractivity contribution < 1.29 is 27.2 Å². The van der Waals surface area contributed by atoms with Crippen molar-refractivity contribution in [3.05, 3.63) is 64.7 Å². The Balaban J connectivity index is 2.10. The van der Waals surface area contributed by atoms with E-state index < -0.39 is 39.8 Å². The minimum atomic E-state index is -4.63. The second-order valence-electron chi connectivity index (χ2n) is 7.86. The number of hydrogen-bond donors (Lipinski definition) is 2. The third-order valence-corrected chi connectivity index (χ3v) is 7.63. The topological polar surface area (TPSA) is 191 Å². The first-order chi connectivity index (χ1) is 18.0. The average molecular weight is 567 g/mol. The number of sulfonamides is 1. The first-order valence-electron chi connectivity index (χ1n) is 11.2. The highest BCUT2D eigenvalue weighted by atomic mass is 35.5. The molecule has 3 aromatic rings. The first kappa shape index (κ1) is 28.7. The van der Waals surface area contributed by atoms with Gasteiger partial charge in [-0.2, -0.15) is 0 Å². The molecule has 0 bridgehead atoms. The molecule has 0 aliphatic heterocycles. The Kier molecular flexibility index (Phi) is 9.19. The van der Waals surface area contributed by atoms with Crippen LogP contribution >= 0.6 is 11.6 Å². The molecule has 3 heterocycles. The maximum Gasteiger partial charge on any atom is 0.292 e. The molecule has 38 heavy (non-hydrogen) atoms. The van der Waals surface area contributed by atoms with E-state index in [1.54, 1.807) is 6.07 Å². The van der Waals surface area contributed by atoms with E-state index in [9.17, 15) is 13.2 Å². The molecule has 0 saturated heterocycles. The Morgan fingerprint density at radius 3 is 2.50 bits per heavy atom. The van der Waals surface area contributed by atoms with Crippen LogP contribution in [0.2, 0.25) is 5.02 Å². The van der Waals surface area contributed by atoms with E-state index in [-0.39, 0.29) is 28.2 Å². The van der Waals surface area contributed by atoms with Crippen molar-refractivity contribution in [2.45, 2.75) is 38.2 Å². The molecule has 0 aliphatic rings. The summed E-state index contributed by atoms with van der Waals surface area (Å²) < 4.78 is 44.0. The van der Waals surface area contributed by atoms with Gasteiger partial charge in [0.05, 0.1) is 17.8 Å². The fourth-order valence-corrected chi connectivity index (χ4v) is 5.08. The molecule has 14 nitrogen and oxygen atoms in total. The number of guanidine groups is 1. The summed E-state index contributed by atoms with van der Waals surface area (Å²) in [5.41, 5.74) is 6.19. The number of nitrogens with zero attached hydrogens (tertiary/aromatic N) is 6. The van der Waals surface area contributed by atoms with Gasteiger partial charge in [-0.05, 0) is 19.4 Å². The van der Waals surface area contributed by atoms with Gasteiger partial charge in [0.15, 0.2) is 11.6 Å². The van der Waals surface area contributed by atoms with Gasteiger partial charge in [0, 0.05) is 31.6 Å². The molecular weight excluding hydrogens is 540 g/mol. The maximum absolute atomic E-state index is 13.9. The van der Waals surface area contributed by atoms with Crippen LogP contribution in [0.4, 0.5) is 0 Å². The van der Waals surface area contributed by atoms with E-state index in [0.29, 0.717) is 16.5 Å². The number of amides is 1. The highest BCUT2D eigenvalue weighted by molar-refractivity contribution is 7.90. The summed E-state index contributed by atoms with van der Waals surface area (Å²) in [6, 6.07) is 5.95. The number of aromatic nitrogens is 4. The number of hydrazine groups is 1. The lowest BCUT2D eigenvalue weighted by Crippen LogP contribution is -2.57. The lowest BCUT2D eigenvalue weighted by atomic mass is 10.2. The van der Waals surface area contributed by atoms with Gasteiger partial charge in [0.25, 0.3) is 15.9 Å². The molecule has 2 atom stereocenters. The van der Waals surface area contributed by atoms with Crippen molar-refractivity contribution in [2.24, 2.45) is 5.73 Å². The highest BCUT2D eigenvalue weighted by Gasteiger charge is 2.43. The predicted octanol–water partition coefficient (Wildman–Crippen LogP) is 1.94. The van der Waals surface area contributed by atoms with Crippen LogP contribution in [0.1, 0.15) is 47.7 Å². The zero-order valence-electron chi connectivity index (χ0n) is 21.0. The number of methoxy groups -OCH3 is 2. The van der Waals surface area contributed by atoms with Gasteiger partial charge in [-0.15, -0.1) is 4.41 Å². The monoisotopic (exact) mass is 566 g/mol. The zero-order valence-corrected chi connectivity index (χ0v) is 22.6. The molecule has 0 saturated carbocycles. The van der Waals surface area contributed by atoms with Crippen molar-refractivity contribution in [2.75, 3.05) is 14.2 Å². The number of nitrogens with one attached hydrogen (secondary N) is 1. The van der Waals surface area contributed by atoms with Gasteiger partial charge in [-0.25, -0.2) is 28.4 Å². The summed E-state index contributed by atoms with van der Waals surface area (Å²) in [5, 5.41) is 11.6. The van der Waals surface area contributed by atoms with E-state index in [0.717, 1.165) is 5.01 Å². The van der Waals surface area contributed by atoms with Crippen LogP contribution in [-0.2, 0) is 27.7 Å². The summed E-state index contributed by atoms with van der Waals surface area (Å²) in [6.07, 6.45) is 1.91. The molecule has 0 unspecified atom stereocenters. The standard InChI is InChI=1S/C22H27ClN8O6S/c1-5-15-9-16(37-29-15)12-30(21(32)17-7-6-8-18(28-17)35-3)31(22(24)25)38(33,34)13(2)19(36-4)20-26-10-14(23)11-27-20/h6-11,13,19H,5,12H2,1-4H3,(H3,24,25)/t13-,19-/m0/s1. The van der Waals surface area contributed by atoms with E-state index >= 15 is 0 Å². The molecule has 0 radical (unpaired) electrons. The number of rotatable bonds is 10. The van der Waals surface area contributed by atoms with Crippen LogP contribution in [0.3, 0.4) is 0 Å². The van der Waals surface area contributed by atoms with E-state index in [2.05, 4.69) is 20.1 Å². The molecule has 3 aromatic heterocycles. The number of hydrogen-bond acceptors (Lipinski definition) is 11. The molecule has 0 fully saturated rings. The van der Waals surface area contributed by atoms with Crippen LogP contribution in [0.5, 0.6) is 5.88 Å². The van der Waals surface area contributed by atoms with Crippen molar-refractivity contribution in [1.29, 1.82) is 5.41 Å². The normalized spacial score (nSPS) is 13.0. The first-order valence-corrected chi connectivity index (χ1v) is 13.1. The van der Waals surface area contributed by atoms with Gasteiger partial charge < -0.3 is 19.7 Å². The second-order valence-corrected chi connectivity index (χ2v) is 10.4. The molecule has 3 N–H and O–H groups in total. The van der Waals surface area contributed by atoms with Gasteiger partial charge in [0.2, 0.25) is 11.8 Å². The minimum Gasteiger partial charge on any atom is -0.481 e. The van der Waals surface area contributed by atoms with Gasteiger partial charge in [-0.3, -0.25) is 10.2 Å². The maximum atomic E-state index is 13.9. The van der Waals surface area contributed by atoms with Crippen molar-refractivity contribution >= 4 is 33.5 Å². The number of aryl methyl sites for hydroxylation is 1. The van der Waals surface area contributed by atoms with Crippen molar-refractivity contribution in [3.63, 3.8) is 0 Å². The lowest BCUT2D eigenvalue weighted by molar-refractivity contribution is 0.0444. The summed E-state index contributed by atoms with van der Waals surface area (Å²) in [4.78, 5) is 25.9. The molecule has 0 aliphatic carbocycles. The molecular formula is C22H27ClN8O6S. The Bertz CT molecular complexity index is 1380. The fraction of sp³-hybridized carbons (Fsp3) is 0.364. The predicted molar refractivity (Wildman–Crippen MR) is 135 cm³/mol. The third-order valence-electron chi connectivity index (χ3n) is 5.37. The summed E-state index contributed by atoms with van der Waals surface area (Å²) in [7, 11) is -1.98. The zero-order chi connectivity index (χ0) is 28.0. The number of ether oxygens (including phenoxy) is 2. The lowest BCUT2D eigenvalue weighted by Gasteiger charge is -2.36. The average Bonchev–Trinajstić information content (AvgIpc) is 3.36. The van der Waals surface area contributed by atoms with Crippen LogP contribution < -0.4 is 10.5 Å². The van der Waals surface area contributed by atoms with E-state index in [4.69, 9.17) is 36.7 Å². The van der Waals surface area contributed by atoms with Crippen LogP contribution in [0.25, 0.3) is 0 Å². The van der Waals surface area contributed by atoms with Crippen LogP contribution in [0.15, 0.2) is 41.2 Å². The fourth-order valence-electron chi connectivity index (χ4n) is 3.44. The third kappa shape index (κ3) is 6.17. The number of carbonyl (C=O) groups excluding carboxylic acids is 1. The van der Waals surface area contributed by atoms with Crippen LogP contribution in [-0.4, -0.2) is 69.3 Å². The number of pyridine rings is 1. The van der Waals surface area contributed by atoms with E-state index in [1.165, 1.54) is 51.7 Å². The molecule has 1 amide bonds. The number of nitrogens with two attached hydrogens (primary N) is 1. The SMILES string of the molecule is CCc1cc(CN(C(=O)c2cccc(OC)n2)N(C(=N)N)S(=O)(=O)[C@@H](C)[C@H](OC)c2ncc(Cl)cn2)on1. The van der Waals surface area contributed by atoms with Crippen molar-refractivity contribution in [3.8, 4) is 5.88 Å². The number of carbonyl (C=O) groups is 1. The molecule has 204 valence electrons. The van der Waals surface area contributed by atoms with Crippen LogP contribution in [0, 0.1) is 5.41 Å².